The Kier molecular flexibility index (Phi) is 4.80. The molecule has 0 aliphatic carbocycles. The molecule has 1 saturated heterocycles. The molecule has 138 valence electrons. The van der Waals surface area contributed by atoms with Gasteiger partial charge in [0.2, 0.25) is 0 Å². The number of nitrogens with zero attached hydrogens (tertiary/aromatic N) is 2. The van der Waals surface area contributed by atoms with E-state index in [2.05, 4.69) is 0 Å². The number of hydrogen-bond donors (Lipinski definition) is 1. The minimum absolute atomic E-state index is 0.0599. The molecule has 1 aliphatic heterocycles. The molecule has 1 aliphatic rings. The van der Waals surface area contributed by atoms with Crippen molar-refractivity contribution < 1.29 is 23.1 Å². The highest BCUT2D eigenvalue weighted by Crippen LogP contribution is 2.32. The molecule has 1 amide bonds. The molecule has 4 nitrogen and oxygen atoms in total. The number of phenols is 1. The Hall–Kier alpha value is -2.70. The van der Waals surface area contributed by atoms with Crippen LogP contribution in [0.2, 0.25) is 0 Å². The molecule has 0 spiro atoms. The monoisotopic (exact) mass is 364 g/mol. The molecule has 0 radical (unpaired) electrons. The van der Waals surface area contributed by atoms with E-state index < -0.39 is 11.7 Å². The fourth-order valence-electron chi connectivity index (χ4n) is 3.04. The molecular weight excluding hydrogens is 345 g/mol. The summed E-state index contributed by atoms with van der Waals surface area (Å²) in [5.74, 6) is -0.332. The third-order valence-corrected chi connectivity index (χ3v) is 4.49. The summed E-state index contributed by atoms with van der Waals surface area (Å²) in [5, 5.41) is 9.96. The van der Waals surface area contributed by atoms with Gasteiger partial charge >= 0.3 is 6.18 Å². The van der Waals surface area contributed by atoms with Gasteiger partial charge in [0, 0.05) is 31.9 Å². The number of hydrogen-bond acceptors (Lipinski definition) is 3. The Morgan fingerprint density at radius 1 is 1.04 bits per heavy atom. The number of benzene rings is 2. The maximum absolute atomic E-state index is 12.9. The Bertz CT molecular complexity index is 813. The smallest absolute Gasteiger partial charge is 0.416 e. The zero-order valence-corrected chi connectivity index (χ0v) is 14.3. The zero-order valence-electron chi connectivity index (χ0n) is 14.3. The van der Waals surface area contributed by atoms with Gasteiger partial charge in [0.05, 0.1) is 11.1 Å². The number of piperazine rings is 1. The van der Waals surface area contributed by atoms with Crippen LogP contribution in [-0.2, 0) is 6.18 Å². The number of carbonyl (C=O) groups excluding carboxylic acids is 1. The standard InChI is InChI=1S/C19H19F3N2O2/c1-13-5-6-16(17(25)11-13)18(26)24-9-7-23(8-10-24)15-4-2-3-14(12-15)19(20,21)22/h2-6,11-12,25H,7-10H2,1H3. The summed E-state index contributed by atoms with van der Waals surface area (Å²) in [6, 6.07) is 10.1. The largest absolute Gasteiger partial charge is 0.507 e. The second-order valence-corrected chi connectivity index (χ2v) is 6.35. The van der Waals surface area contributed by atoms with Gasteiger partial charge in [0.1, 0.15) is 5.75 Å². The summed E-state index contributed by atoms with van der Waals surface area (Å²) in [6.07, 6.45) is -4.38. The second kappa shape index (κ2) is 6.90. The highest BCUT2D eigenvalue weighted by Gasteiger charge is 2.31. The quantitative estimate of drug-likeness (QED) is 0.884. The van der Waals surface area contributed by atoms with E-state index in [1.54, 1.807) is 23.1 Å². The number of carbonyl (C=O) groups is 1. The molecule has 1 heterocycles. The first-order valence-corrected chi connectivity index (χ1v) is 8.27. The summed E-state index contributed by atoms with van der Waals surface area (Å²) in [6.45, 7) is 3.44. The summed E-state index contributed by atoms with van der Waals surface area (Å²) in [4.78, 5) is 16.0. The lowest BCUT2D eigenvalue weighted by atomic mass is 10.1. The summed E-state index contributed by atoms with van der Waals surface area (Å²) < 4.78 is 38.6. The molecule has 3 rings (SSSR count). The van der Waals surface area contributed by atoms with Crippen molar-refractivity contribution in [3.8, 4) is 5.75 Å². The number of alkyl halides is 3. The van der Waals surface area contributed by atoms with Crippen molar-refractivity contribution in [1.29, 1.82) is 0 Å². The van der Waals surface area contributed by atoms with Crippen LogP contribution in [0.15, 0.2) is 42.5 Å². The molecule has 2 aromatic rings. The maximum Gasteiger partial charge on any atom is 0.416 e. The highest BCUT2D eigenvalue weighted by molar-refractivity contribution is 5.97. The average molecular weight is 364 g/mol. The van der Waals surface area contributed by atoms with Gasteiger partial charge in [0.25, 0.3) is 5.91 Å². The molecule has 26 heavy (non-hydrogen) atoms. The van der Waals surface area contributed by atoms with Gasteiger partial charge in [0.15, 0.2) is 0 Å². The first-order chi connectivity index (χ1) is 12.3. The van der Waals surface area contributed by atoms with E-state index in [-0.39, 0.29) is 17.2 Å². The summed E-state index contributed by atoms with van der Waals surface area (Å²) in [5.41, 5.74) is 0.903. The molecule has 0 saturated carbocycles. The number of anilines is 1. The number of amides is 1. The van der Waals surface area contributed by atoms with Gasteiger partial charge in [-0.1, -0.05) is 12.1 Å². The lowest BCUT2D eigenvalue weighted by Gasteiger charge is -2.36. The van der Waals surface area contributed by atoms with E-state index in [9.17, 15) is 23.1 Å². The van der Waals surface area contributed by atoms with Crippen LogP contribution in [0, 0.1) is 6.92 Å². The third kappa shape index (κ3) is 3.76. The van der Waals surface area contributed by atoms with E-state index in [4.69, 9.17) is 0 Å². The van der Waals surface area contributed by atoms with Crippen molar-refractivity contribution in [3.05, 3.63) is 59.2 Å². The topological polar surface area (TPSA) is 43.8 Å². The molecule has 1 N–H and O–H groups in total. The van der Waals surface area contributed by atoms with Gasteiger partial charge in [-0.2, -0.15) is 13.2 Å². The van der Waals surface area contributed by atoms with E-state index in [0.29, 0.717) is 31.9 Å². The van der Waals surface area contributed by atoms with Crippen LogP contribution in [0.5, 0.6) is 5.75 Å². The van der Waals surface area contributed by atoms with E-state index in [1.165, 1.54) is 12.1 Å². The van der Waals surface area contributed by atoms with Crippen LogP contribution in [0.25, 0.3) is 0 Å². The molecular formula is C19H19F3N2O2. The predicted octanol–water partition coefficient (Wildman–Crippen LogP) is 3.68. The Balaban J connectivity index is 1.68. The predicted molar refractivity (Wildman–Crippen MR) is 92.4 cm³/mol. The van der Waals surface area contributed by atoms with Crippen LogP contribution in [0.4, 0.5) is 18.9 Å². The van der Waals surface area contributed by atoms with Crippen molar-refractivity contribution in [2.24, 2.45) is 0 Å². The van der Waals surface area contributed by atoms with Gasteiger partial charge in [-0.3, -0.25) is 4.79 Å². The van der Waals surface area contributed by atoms with Gasteiger partial charge < -0.3 is 14.9 Å². The van der Waals surface area contributed by atoms with E-state index >= 15 is 0 Å². The molecule has 0 aromatic heterocycles. The number of halogens is 3. The minimum atomic E-state index is -4.38. The highest BCUT2D eigenvalue weighted by atomic mass is 19.4. The second-order valence-electron chi connectivity index (χ2n) is 6.35. The van der Waals surface area contributed by atoms with Gasteiger partial charge in [-0.15, -0.1) is 0 Å². The minimum Gasteiger partial charge on any atom is -0.507 e. The van der Waals surface area contributed by atoms with Crippen LogP contribution in [0.3, 0.4) is 0 Å². The maximum atomic E-state index is 12.9. The number of phenolic OH excluding ortho intramolecular Hbond substituents is 1. The van der Waals surface area contributed by atoms with Crippen molar-refractivity contribution in [1.82, 2.24) is 4.90 Å². The number of aromatic hydroxyl groups is 1. The van der Waals surface area contributed by atoms with Crippen molar-refractivity contribution in [2.45, 2.75) is 13.1 Å². The van der Waals surface area contributed by atoms with Crippen LogP contribution >= 0.6 is 0 Å². The number of aryl methyl sites for hydroxylation is 1. The normalized spacial score (nSPS) is 15.2. The SMILES string of the molecule is Cc1ccc(C(=O)N2CCN(c3cccc(C(F)(F)F)c3)CC2)c(O)c1. The van der Waals surface area contributed by atoms with E-state index in [1.807, 2.05) is 11.8 Å². The first-order valence-electron chi connectivity index (χ1n) is 8.27. The van der Waals surface area contributed by atoms with Crippen LogP contribution in [-0.4, -0.2) is 42.1 Å². The average Bonchev–Trinajstić information content (AvgIpc) is 2.61. The Labute approximate surface area is 149 Å². The molecule has 2 aromatic carbocycles. The summed E-state index contributed by atoms with van der Waals surface area (Å²) in [7, 11) is 0. The first kappa shape index (κ1) is 18.1. The zero-order chi connectivity index (χ0) is 18.9. The van der Waals surface area contributed by atoms with Crippen LogP contribution in [0.1, 0.15) is 21.5 Å². The molecule has 1 fully saturated rings. The Morgan fingerprint density at radius 2 is 1.73 bits per heavy atom. The Morgan fingerprint density at radius 3 is 2.35 bits per heavy atom. The van der Waals surface area contributed by atoms with Crippen molar-refractivity contribution >= 4 is 11.6 Å². The molecule has 0 atom stereocenters. The third-order valence-electron chi connectivity index (χ3n) is 4.49. The van der Waals surface area contributed by atoms with E-state index in [0.717, 1.165) is 17.7 Å². The van der Waals surface area contributed by atoms with Gasteiger partial charge in [-0.05, 0) is 42.8 Å². The fourth-order valence-corrected chi connectivity index (χ4v) is 3.04. The van der Waals surface area contributed by atoms with Crippen LogP contribution < -0.4 is 4.90 Å². The lowest BCUT2D eigenvalue weighted by Crippen LogP contribution is -2.48. The number of rotatable bonds is 2. The fraction of sp³-hybridized carbons (Fsp3) is 0.316. The molecule has 7 heteroatoms. The van der Waals surface area contributed by atoms with Crippen molar-refractivity contribution in [2.75, 3.05) is 31.1 Å². The van der Waals surface area contributed by atoms with Gasteiger partial charge in [-0.25, -0.2) is 0 Å². The molecule has 0 unspecified atom stereocenters. The van der Waals surface area contributed by atoms with Crippen molar-refractivity contribution in [3.63, 3.8) is 0 Å². The summed E-state index contributed by atoms with van der Waals surface area (Å²) >= 11 is 0. The lowest BCUT2D eigenvalue weighted by molar-refractivity contribution is -0.137. The molecule has 0 bridgehead atoms.